The molecule has 1 aromatic carbocycles. The number of amides is 1. The van der Waals surface area contributed by atoms with Gasteiger partial charge in [0.2, 0.25) is 0 Å². The molecule has 1 aromatic rings. The fourth-order valence-corrected chi connectivity index (χ4v) is 1.53. The summed E-state index contributed by atoms with van der Waals surface area (Å²) in [7, 11) is 0. The van der Waals surface area contributed by atoms with Crippen LogP contribution in [0.25, 0.3) is 0 Å². The fraction of sp³-hybridized carbons (Fsp3) is 0.375. The molecular weight excluding hydrogens is 250 g/mol. The average molecular weight is 271 g/mol. The molecule has 0 fully saturated rings. The van der Waals surface area contributed by atoms with Crippen molar-refractivity contribution in [1.29, 1.82) is 5.26 Å². The minimum absolute atomic E-state index is 0.0760. The lowest BCUT2D eigenvalue weighted by molar-refractivity contribution is -0.118. The zero-order chi connectivity index (χ0) is 15.2. The SMILES string of the molecule is Cc1ccc(CN/C=C(/C#N)C(=O)NC(C)(C)C)cc1. The van der Waals surface area contributed by atoms with E-state index >= 15 is 0 Å². The number of nitriles is 1. The third kappa shape index (κ3) is 5.57. The number of hydrogen-bond donors (Lipinski definition) is 2. The number of benzene rings is 1. The van der Waals surface area contributed by atoms with Crippen molar-refractivity contribution in [3.63, 3.8) is 0 Å². The summed E-state index contributed by atoms with van der Waals surface area (Å²) in [6.45, 7) is 8.23. The second kappa shape index (κ2) is 6.76. The van der Waals surface area contributed by atoms with Gasteiger partial charge in [-0.2, -0.15) is 5.26 Å². The van der Waals surface area contributed by atoms with Crippen LogP contribution < -0.4 is 10.6 Å². The summed E-state index contributed by atoms with van der Waals surface area (Å²) in [6, 6.07) is 9.98. The zero-order valence-electron chi connectivity index (χ0n) is 12.4. The van der Waals surface area contributed by atoms with Crippen molar-refractivity contribution in [3.8, 4) is 6.07 Å². The maximum atomic E-state index is 11.8. The summed E-state index contributed by atoms with van der Waals surface area (Å²) in [5.41, 5.74) is 2.02. The van der Waals surface area contributed by atoms with E-state index in [0.29, 0.717) is 6.54 Å². The van der Waals surface area contributed by atoms with E-state index in [1.54, 1.807) is 0 Å². The third-order valence-corrected chi connectivity index (χ3v) is 2.53. The molecule has 0 spiro atoms. The predicted molar refractivity (Wildman–Crippen MR) is 79.6 cm³/mol. The molecule has 0 aliphatic rings. The van der Waals surface area contributed by atoms with Crippen molar-refractivity contribution >= 4 is 5.91 Å². The van der Waals surface area contributed by atoms with Crippen molar-refractivity contribution in [2.45, 2.75) is 39.8 Å². The fourth-order valence-electron chi connectivity index (χ4n) is 1.53. The minimum atomic E-state index is -0.364. The summed E-state index contributed by atoms with van der Waals surface area (Å²) >= 11 is 0. The van der Waals surface area contributed by atoms with E-state index in [9.17, 15) is 4.79 Å². The molecule has 4 heteroatoms. The van der Waals surface area contributed by atoms with Crippen molar-refractivity contribution in [3.05, 3.63) is 47.2 Å². The molecule has 1 rings (SSSR count). The molecule has 106 valence electrons. The minimum Gasteiger partial charge on any atom is -0.386 e. The molecule has 0 saturated carbocycles. The smallest absolute Gasteiger partial charge is 0.263 e. The summed E-state index contributed by atoms with van der Waals surface area (Å²) in [5, 5.41) is 14.8. The largest absolute Gasteiger partial charge is 0.386 e. The lowest BCUT2D eigenvalue weighted by Crippen LogP contribution is -2.41. The van der Waals surface area contributed by atoms with Gasteiger partial charge in [0.1, 0.15) is 11.6 Å². The molecule has 0 radical (unpaired) electrons. The first-order valence-corrected chi connectivity index (χ1v) is 6.53. The first kappa shape index (κ1) is 15.8. The van der Waals surface area contributed by atoms with Crippen molar-refractivity contribution in [2.75, 3.05) is 0 Å². The first-order valence-electron chi connectivity index (χ1n) is 6.53. The predicted octanol–water partition coefficient (Wildman–Crippen LogP) is 2.41. The van der Waals surface area contributed by atoms with Crippen LogP contribution in [0.1, 0.15) is 31.9 Å². The standard InChI is InChI=1S/C16H21N3O/c1-12-5-7-13(8-6-12)10-18-11-14(9-17)15(20)19-16(2,3)4/h5-8,11,18H,10H2,1-4H3,(H,19,20)/b14-11-. The van der Waals surface area contributed by atoms with Crippen LogP contribution in [0.5, 0.6) is 0 Å². The molecule has 0 saturated heterocycles. The highest BCUT2D eigenvalue weighted by Crippen LogP contribution is 2.04. The Bertz CT molecular complexity index is 530. The Labute approximate surface area is 120 Å². The summed E-state index contributed by atoms with van der Waals surface area (Å²) in [5.74, 6) is -0.364. The van der Waals surface area contributed by atoms with Gasteiger partial charge in [0.25, 0.3) is 5.91 Å². The van der Waals surface area contributed by atoms with Gasteiger partial charge < -0.3 is 10.6 Å². The number of nitrogens with one attached hydrogen (secondary N) is 2. The molecule has 0 aliphatic carbocycles. The van der Waals surface area contributed by atoms with Crippen LogP contribution in [0, 0.1) is 18.3 Å². The Morgan fingerprint density at radius 3 is 2.40 bits per heavy atom. The number of carbonyl (C=O) groups excluding carboxylic acids is 1. The van der Waals surface area contributed by atoms with Gasteiger partial charge in [-0.15, -0.1) is 0 Å². The highest BCUT2D eigenvalue weighted by molar-refractivity contribution is 5.97. The average Bonchev–Trinajstić information content (AvgIpc) is 2.34. The van der Waals surface area contributed by atoms with E-state index in [0.717, 1.165) is 5.56 Å². The van der Waals surface area contributed by atoms with E-state index in [2.05, 4.69) is 10.6 Å². The quantitative estimate of drug-likeness (QED) is 0.653. The highest BCUT2D eigenvalue weighted by atomic mass is 16.1. The molecular formula is C16H21N3O. The Hall–Kier alpha value is -2.28. The number of carbonyl (C=O) groups is 1. The maximum absolute atomic E-state index is 11.8. The van der Waals surface area contributed by atoms with Gasteiger partial charge in [0, 0.05) is 18.3 Å². The Morgan fingerprint density at radius 1 is 1.30 bits per heavy atom. The van der Waals surface area contributed by atoms with E-state index in [1.165, 1.54) is 11.8 Å². The second-order valence-corrected chi connectivity index (χ2v) is 5.74. The molecule has 0 unspecified atom stereocenters. The molecule has 0 atom stereocenters. The lowest BCUT2D eigenvalue weighted by atomic mass is 10.1. The second-order valence-electron chi connectivity index (χ2n) is 5.74. The van der Waals surface area contributed by atoms with Crippen LogP contribution in [0.2, 0.25) is 0 Å². The van der Waals surface area contributed by atoms with Crippen LogP contribution in [-0.2, 0) is 11.3 Å². The molecule has 20 heavy (non-hydrogen) atoms. The van der Waals surface area contributed by atoms with Crippen LogP contribution in [0.4, 0.5) is 0 Å². The molecule has 2 N–H and O–H groups in total. The normalized spacial score (nSPS) is 11.7. The van der Waals surface area contributed by atoms with Crippen molar-refractivity contribution in [2.24, 2.45) is 0 Å². The van der Waals surface area contributed by atoms with Crippen LogP contribution in [0.3, 0.4) is 0 Å². The monoisotopic (exact) mass is 271 g/mol. The molecule has 0 aliphatic heterocycles. The van der Waals surface area contributed by atoms with Gasteiger partial charge in [0.15, 0.2) is 0 Å². The Balaban J connectivity index is 2.60. The van der Waals surface area contributed by atoms with E-state index in [-0.39, 0.29) is 17.0 Å². The Kier molecular flexibility index (Phi) is 5.33. The number of aryl methyl sites for hydroxylation is 1. The number of rotatable bonds is 4. The number of nitrogens with zero attached hydrogens (tertiary/aromatic N) is 1. The first-order chi connectivity index (χ1) is 9.31. The number of hydrogen-bond acceptors (Lipinski definition) is 3. The lowest BCUT2D eigenvalue weighted by Gasteiger charge is -2.20. The van der Waals surface area contributed by atoms with Crippen molar-refractivity contribution in [1.82, 2.24) is 10.6 Å². The molecule has 0 bridgehead atoms. The molecule has 0 heterocycles. The van der Waals surface area contributed by atoms with Gasteiger partial charge in [-0.1, -0.05) is 29.8 Å². The van der Waals surface area contributed by atoms with Gasteiger partial charge in [-0.25, -0.2) is 0 Å². The Morgan fingerprint density at radius 2 is 1.90 bits per heavy atom. The van der Waals surface area contributed by atoms with Crippen LogP contribution >= 0.6 is 0 Å². The topological polar surface area (TPSA) is 64.9 Å². The summed E-state index contributed by atoms with van der Waals surface area (Å²) in [4.78, 5) is 11.8. The zero-order valence-corrected chi connectivity index (χ0v) is 12.4. The van der Waals surface area contributed by atoms with Gasteiger partial charge in [-0.05, 0) is 33.3 Å². The third-order valence-electron chi connectivity index (χ3n) is 2.53. The van der Waals surface area contributed by atoms with E-state index in [1.807, 2.05) is 58.0 Å². The van der Waals surface area contributed by atoms with E-state index < -0.39 is 0 Å². The van der Waals surface area contributed by atoms with Gasteiger partial charge in [0.05, 0.1) is 0 Å². The van der Waals surface area contributed by atoms with Gasteiger partial charge >= 0.3 is 0 Å². The maximum Gasteiger partial charge on any atom is 0.263 e. The molecule has 1 amide bonds. The molecule has 0 aromatic heterocycles. The van der Waals surface area contributed by atoms with Crippen molar-refractivity contribution < 1.29 is 4.79 Å². The van der Waals surface area contributed by atoms with Gasteiger partial charge in [-0.3, -0.25) is 4.79 Å². The van der Waals surface area contributed by atoms with Crippen LogP contribution in [-0.4, -0.2) is 11.4 Å². The van der Waals surface area contributed by atoms with Crippen LogP contribution in [0.15, 0.2) is 36.0 Å². The summed E-state index contributed by atoms with van der Waals surface area (Å²) < 4.78 is 0. The summed E-state index contributed by atoms with van der Waals surface area (Å²) in [6.07, 6.45) is 1.46. The molecule has 4 nitrogen and oxygen atoms in total. The van der Waals surface area contributed by atoms with E-state index in [4.69, 9.17) is 5.26 Å². The highest BCUT2D eigenvalue weighted by Gasteiger charge is 2.16.